The molecule has 0 radical (unpaired) electrons. The van der Waals surface area contributed by atoms with Gasteiger partial charge in [0, 0.05) is 11.8 Å². The lowest BCUT2D eigenvalue weighted by atomic mass is 9.73. The zero-order valence-corrected chi connectivity index (χ0v) is 9.61. The number of ketones is 1. The molecule has 1 nitrogen and oxygen atoms in total. The predicted molar refractivity (Wildman–Crippen MR) is 60.7 cm³/mol. The van der Waals surface area contributed by atoms with E-state index in [0.717, 1.165) is 30.1 Å². The van der Waals surface area contributed by atoms with Crippen LogP contribution in [0.4, 0.5) is 0 Å². The molecule has 84 valence electrons. The fourth-order valence-electron chi connectivity index (χ4n) is 6.82. The van der Waals surface area contributed by atoms with Gasteiger partial charge in [0.25, 0.3) is 0 Å². The van der Waals surface area contributed by atoms with Gasteiger partial charge in [-0.05, 0) is 48.3 Å². The summed E-state index contributed by atoms with van der Waals surface area (Å²) in [7, 11) is 0. The van der Waals surface area contributed by atoms with Crippen molar-refractivity contribution >= 4 is 5.78 Å². The van der Waals surface area contributed by atoms with Gasteiger partial charge in [-0.15, -0.1) is 0 Å². The highest BCUT2D eigenvalue weighted by atomic mass is 16.1. The van der Waals surface area contributed by atoms with E-state index in [0.29, 0.717) is 11.2 Å². The first kappa shape index (κ1) is 8.49. The van der Waals surface area contributed by atoms with Crippen LogP contribution in [0.15, 0.2) is 12.2 Å². The number of hydrogen-bond donors (Lipinski definition) is 0. The Morgan fingerprint density at radius 1 is 1.25 bits per heavy atom. The number of Topliss-reactive ketones (excluding diaryl/α,β-unsaturated/α-hetero) is 1. The third-order valence-corrected chi connectivity index (χ3v) is 6.97. The molecule has 0 aliphatic heterocycles. The van der Waals surface area contributed by atoms with Gasteiger partial charge in [0.1, 0.15) is 5.78 Å². The standard InChI is InChI=1S/C15H18O/c16-12-8-11-9-4-3-5-10(9)13-14(11)6-1-2-7-15(12,13)14/h3,5,9-11,13H,1-2,4,6-8H2/t9-,10+,11+,13?,14+,15-/m1/s1. The average Bonchev–Trinajstić information content (AvgIpc) is 2.57. The molecular weight excluding hydrogens is 196 g/mol. The van der Waals surface area contributed by atoms with Crippen molar-refractivity contribution in [2.45, 2.75) is 38.5 Å². The zero-order chi connectivity index (χ0) is 10.5. The summed E-state index contributed by atoms with van der Waals surface area (Å²) >= 11 is 0. The summed E-state index contributed by atoms with van der Waals surface area (Å²) in [4.78, 5) is 12.4. The molecule has 16 heavy (non-hydrogen) atoms. The lowest BCUT2D eigenvalue weighted by Crippen LogP contribution is -2.26. The van der Waals surface area contributed by atoms with Gasteiger partial charge in [0.2, 0.25) is 0 Å². The summed E-state index contributed by atoms with van der Waals surface area (Å²) in [5, 5.41) is 0. The third kappa shape index (κ3) is 0.548. The summed E-state index contributed by atoms with van der Waals surface area (Å²) in [6.45, 7) is 0. The minimum absolute atomic E-state index is 0.214. The molecule has 4 saturated carbocycles. The van der Waals surface area contributed by atoms with Gasteiger partial charge in [-0.25, -0.2) is 0 Å². The molecule has 1 spiro atoms. The van der Waals surface area contributed by atoms with Gasteiger partial charge in [-0.3, -0.25) is 4.79 Å². The number of fused-ring (bicyclic) bond motifs is 3. The van der Waals surface area contributed by atoms with Crippen molar-refractivity contribution in [1.29, 1.82) is 0 Å². The van der Waals surface area contributed by atoms with E-state index in [4.69, 9.17) is 0 Å². The largest absolute Gasteiger partial charge is 0.299 e. The van der Waals surface area contributed by atoms with Crippen LogP contribution >= 0.6 is 0 Å². The number of carbonyl (C=O) groups is 1. The molecule has 0 aromatic rings. The molecule has 1 heteroatoms. The molecule has 0 heterocycles. The van der Waals surface area contributed by atoms with E-state index in [1.54, 1.807) is 0 Å². The summed E-state index contributed by atoms with van der Waals surface area (Å²) in [6.07, 6.45) is 12.4. The zero-order valence-electron chi connectivity index (χ0n) is 9.61. The molecule has 0 saturated heterocycles. The Morgan fingerprint density at radius 2 is 2.12 bits per heavy atom. The molecule has 0 aromatic heterocycles. The second kappa shape index (κ2) is 2.19. The first-order chi connectivity index (χ1) is 7.82. The number of allylic oxidation sites excluding steroid dienone is 2. The number of hydrogen-bond acceptors (Lipinski definition) is 1. The highest BCUT2D eigenvalue weighted by Gasteiger charge is 2.90. The summed E-state index contributed by atoms with van der Waals surface area (Å²) < 4.78 is 0. The fraction of sp³-hybridized carbons (Fsp3) is 0.800. The molecule has 0 bridgehead atoms. The smallest absolute Gasteiger partial charge is 0.140 e. The average molecular weight is 214 g/mol. The quantitative estimate of drug-likeness (QED) is 0.567. The molecule has 1 unspecified atom stereocenters. The van der Waals surface area contributed by atoms with E-state index in [1.165, 1.54) is 32.1 Å². The Hall–Kier alpha value is -0.590. The van der Waals surface area contributed by atoms with Gasteiger partial charge in [0.15, 0.2) is 0 Å². The maximum atomic E-state index is 12.4. The summed E-state index contributed by atoms with van der Waals surface area (Å²) in [5.74, 6) is 3.91. The molecule has 0 amide bonds. The molecule has 4 fully saturated rings. The molecule has 0 aromatic carbocycles. The van der Waals surface area contributed by atoms with E-state index in [9.17, 15) is 4.79 Å². The molecule has 5 aliphatic carbocycles. The summed E-state index contributed by atoms with van der Waals surface area (Å²) in [5.41, 5.74) is 0.744. The van der Waals surface area contributed by atoms with E-state index >= 15 is 0 Å². The normalized spacial score (nSPS) is 64.4. The monoisotopic (exact) mass is 214 g/mol. The van der Waals surface area contributed by atoms with Crippen molar-refractivity contribution in [1.82, 2.24) is 0 Å². The second-order valence-electron chi connectivity index (χ2n) is 6.84. The first-order valence-electron chi connectivity index (χ1n) is 7.02. The van der Waals surface area contributed by atoms with Crippen LogP contribution in [0.5, 0.6) is 0 Å². The Labute approximate surface area is 96.3 Å². The Kier molecular flexibility index (Phi) is 1.16. The maximum absolute atomic E-state index is 12.4. The van der Waals surface area contributed by atoms with Crippen LogP contribution in [0.25, 0.3) is 0 Å². The van der Waals surface area contributed by atoms with E-state index < -0.39 is 0 Å². The number of rotatable bonds is 0. The van der Waals surface area contributed by atoms with Crippen molar-refractivity contribution in [3.63, 3.8) is 0 Å². The van der Waals surface area contributed by atoms with Gasteiger partial charge >= 0.3 is 0 Å². The summed E-state index contributed by atoms with van der Waals surface area (Å²) in [6, 6.07) is 0. The van der Waals surface area contributed by atoms with Crippen molar-refractivity contribution in [2.24, 2.45) is 34.5 Å². The maximum Gasteiger partial charge on any atom is 0.140 e. The molecular formula is C15H18O. The van der Waals surface area contributed by atoms with Crippen molar-refractivity contribution < 1.29 is 4.79 Å². The predicted octanol–water partition coefficient (Wildman–Crippen LogP) is 2.96. The fourth-order valence-corrected chi connectivity index (χ4v) is 6.82. The van der Waals surface area contributed by atoms with Gasteiger partial charge < -0.3 is 0 Å². The van der Waals surface area contributed by atoms with Crippen LogP contribution in [-0.4, -0.2) is 5.78 Å². The third-order valence-electron chi connectivity index (χ3n) is 6.97. The van der Waals surface area contributed by atoms with Gasteiger partial charge in [0.05, 0.1) is 0 Å². The van der Waals surface area contributed by atoms with Crippen LogP contribution in [0.1, 0.15) is 38.5 Å². The Morgan fingerprint density at radius 3 is 3.06 bits per heavy atom. The molecule has 5 rings (SSSR count). The second-order valence-corrected chi connectivity index (χ2v) is 6.84. The Bertz CT molecular complexity index is 437. The molecule has 0 N–H and O–H groups in total. The lowest BCUT2D eigenvalue weighted by Gasteiger charge is -2.30. The van der Waals surface area contributed by atoms with Crippen LogP contribution < -0.4 is 0 Å². The highest BCUT2D eigenvalue weighted by Crippen LogP contribution is 2.91. The van der Waals surface area contributed by atoms with Gasteiger partial charge in [-0.1, -0.05) is 25.0 Å². The van der Waals surface area contributed by atoms with Crippen molar-refractivity contribution in [2.75, 3.05) is 0 Å². The molecule has 5 aliphatic rings. The minimum Gasteiger partial charge on any atom is -0.299 e. The SMILES string of the molecule is O=C1C[C@H]2[C@@H]3CC=C[C@@H]3C3[C@@]14CCCC[C@@]324. The topological polar surface area (TPSA) is 17.1 Å². The number of carbonyl (C=O) groups excluding carboxylic acids is 1. The lowest BCUT2D eigenvalue weighted by molar-refractivity contribution is -0.124. The van der Waals surface area contributed by atoms with Crippen LogP contribution in [0, 0.1) is 34.5 Å². The van der Waals surface area contributed by atoms with E-state index in [-0.39, 0.29) is 5.41 Å². The molecule has 6 atom stereocenters. The highest BCUT2D eigenvalue weighted by molar-refractivity contribution is 5.95. The van der Waals surface area contributed by atoms with Crippen LogP contribution in [0.3, 0.4) is 0 Å². The van der Waals surface area contributed by atoms with E-state index in [1.807, 2.05) is 0 Å². The minimum atomic E-state index is 0.214. The van der Waals surface area contributed by atoms with Crippen LogP contribution in [0.2, 0.25) is 0 Å². The van der Waals surface area contributed by atoms with Gasteiger partial charge in [-0.2, -0.15) is 0 Å². The Balaban J connectivity index is 1.73. The first-order valence-corrected chi connectivity index (χ1v) is 7.02. The van der Waals surface area contributed by atoms with Crippen LogP contribution in [-0.2, 0) is 4.79 Å². The van der Waals surface area contributed by atoms with Crippen molar-refractivity contribution in [3.8, 4) is 0 Å². The van der Waals surface area contributed by atoms with Crippen molar-refractivity contribution in [3.05, 3.63) is 12.2 Å². The van der Waals surface area contributed by atoms with E-state index in [2.05, 4.69) is 12.2 Å².